The van der Waals surface area contributed by atoms with Crippen LogP contribution in [0.25, 0.3) is 16.9 Å². The number of hydrogen-bond donors (Lipinski definition) is 3. The third kappa shape index (κ3) is 4.26. The Balaban J connectivity index is 1.68. The number of rotatable bonds is 6. The highest BCUT2D eigenvalue weighted by molar-refractivity contribution is 6.04. The van der Waals surface area contributed by atoms with Gasteiger partial charge in [0.15, 0.2) is 5.65 Å². The van der Waals surface area contributed by atoms with Crippen molar-refractivity contribution in [3.8, 4) is 11.3 Å². The van der Waals surface area contributed by atoms with Gasteiger partial charge in [-0.3, -0.25) is 4.79 Å². The molecule has 2 aromatic carbocycles. The molecule has 164 valence electrons. The number of anilines is 1. The van der Waals surface area contributed by atoms with Crippen molar-refractivity contribution >= 4 is 17.4 Å². The molecule has 0 saturated heterocycles. The number of benzene rings is 2. The molecular weight excluding hydrogens is 404 g/mol. The van der Waals surface area contributed by atoms with Crippen LogP contribution in [0.2, 0.25) is 0 Å². The first-order chi connectivity index (χ1) is 15.3. The van der Waals surface area contributed by atoms with Gasteiger partial charge in [-0.2, -0.15) is 5.10 Å². The lowest BCUT2D eigenvalue weighted by Gasteiger charge is -2.22. The molecule has 32 heavy (non-hydrogen) atoms. The molecule has 1 amide bonds. The van der Waals surface area contributed by atoms with Crippen molar-refractivity contribution in [2.24, 2.45) is 0 Å². The van der Waals surface area contributed by atoms with Crippen LogP contribution < -0.4 is 5.32 Å². The molecule has 0 unspecified atom stereocenters. The first-order valence-electron chi connectivity index (χ1n) is 10.4. The summed E-state index contributed by atoms with van der Waals surface area (Å²) in [5.74, 6) is 0.132. The van der Waals surface area contributed by atoms with Crippen molar-refractivity contribution in [1.29, 1.82) is 0 Å². The van der Waals surface area contributed by atoms with Crippen LogP contribution in [0.1, 0.15) is 41.0 Å². The molecule has 2 heterocycles. The zero-order valence-corrected chi connectivity index (χ0v) is 18.3. The first kappa shape index (κ1) is 21.7. The van der Waals surface area contributed by atoms with Crippen molar-refractivity contribution in [3.63, 3.8) is 0 Å². The van der Waals surface area contributed by atoms with Crippen LogP contribution in [0.15, 0.2) is 60.7 Å². The fourth-order valence-corrected chi connectivity index (χ4v) is 3.54. The van der Waals surface area contributed by atoms with Crippen molar-refractivity contribution in [2.45, 2.75) is 32.8 Å². The minimum absolute atomic E-state index is 0.0213. The minimum atomic E-state index is -0.376. The van der Waals surface area contributed by atoms with E-state index in [0.717, 1.165) is 28.1 Å². The van der Waals surface area contributed by atoms with Gasteiger partial charge in [0, 0.05) is 28.7 Å². The molecule has 0 radical (unpaired) electrons. The van der Waals surface area contributed by atoms with Crippen LogP contribution >= 0.6 is 0 Å². The summed E-state index contributed by atoms with van der Waals surface area (Å²) in [6.07, 6.45) is 0. The zero-order valence-electron chi connectivity index (χ0n) is 18.3. The molecule has 2 aromatic heterocycles. The van der Waals surface area contributed by atoms with E-state index >= 15 is 0 Å². The number of aryl methyl sites for hydroxylation is 1. The molecule has 4 aromatic rings. The first-order valence-corrected chi connectivity index (χ1v) is 10.4. The molecule has 0 aliphatic carbocycles. The number of nitrogens with one attached hydrogen (secondary N) is 1. The Labute approximate surface area is 186 Å². The number of aliphatic hydroxyl groups is 2. The summed E-state index contributed by atoms with van der Waals surface area (Å²) in [5.41, 5.74) is 4.90. The highest BCUT2D eigenvalue weighted by Crippen LogP contribution is 2.26. The van der Waals surface area contributed by atoms with E-state index in [-0.39, 0.29) is 24.5 Å². The van der Waals surface area contributed by atoms with Crippen LogP contribution in [-0.2, 0) is 12.0 Å². The van der Waals surface area contributed by atoms with Crippen LogP contribution in [0.3, 0.4) is 0 Å². The third-order valence-electron chi connectivity index (χ3n) is 5.52. The van der Waals surface area contributed by atoms with E-state index in [1.807, 2.05) is 63.2 Å². The number of aromatic nitrogens is 3. The topological polar surface area (TPSA) is 99.8 Å². The predicted molar refractivity (Wildman–Crippen MR) is 124 cm³/mol. The molecule has 0 bridgehead atoms. The van der Waals surface area contributed by atoms with E-state index < -0.39 is 0 Å². The number of aliphatic hydroxyl groups excluding tert-OH is 2. The Bertz CT molecular complexity index is 1280. The molecule has 4 rings (SSSR count). The molecule has 0 fully saturated rings. The Hall–Kier alpha value is -3.55. The molecule has 0 aliphatic rings. The number of carbonyl (C=O) groups is 1. The van der Waals surface area contributed by atoms with Gasteiger partial charge in [0.1, 0.15) is 5.82 Å². The van der Waals surface area contributed by atoms with Crippen molar-refractivity contribution in [3.05, 3.63) is 83.0 Å². The predicted octanol–water partition coefficient (Wildman–Crippen LogP) is 3.72. The normalized spacial score (nSPS) is 11.7. The van der Waals surface area contributed by atoms with Crippen LogP contribution in [0.4, 0.5) is 5.82 Å². The van der Waals surface area contributed by atoms with Crippen LogP contribution in [-0.4, -0.2) is 37.3 Å². The lowest BCUT2D eigenvalue weighted by molar-refractivity contribution is 0.102. The smallest absolute Gasteiger partial charge is 0.256 e. The van der Waals surface area contributed by atoms with Gasteiger partial charge in [0.25, 0.3) is 5.91 Å². The van der Waals surface area contributed by atoms with E-state index in [1.165, 1.54) is 0 Å². The third-order valence-corrected chi connectivity index (χ3v) is 5.52. The molecular formula is C25H26N4O3. The summed E-state index contributed by atoms with van der Waals surface area (Å²) in [6.45, 7) is 5.74. The Morgan fingerprint density at radius 2 is 1.81 bits per heavy atom. The molecule has 3 N–H and O–H groups in total. The molecule has 0 spiro atoms. The van der Waals surface area contributed by atoms with E-state index in [4.69, 9.17) is 0 Å². The van der Waals surface area contributed by atoms with Crippen molar-refractivity contribution < 1.29 is 15.0 Å². The van der Waals surface area contributed by atoms with Gasteiger partial charge in [0.05, 0.1) is 24.6 Å². The second-order valence-electron chi connectivity index (χ2n) is 8.51. The SMILES string of the molecule is Cc1cc2nc(NC(=O)c3ccc(C(C)(C)CO)cc3)cc(-c3cccc(CO)c3)n2n1. The van der Waals surface area contributed by atoms with Gasteiger partial charge in [0.2, 0.25) is 0 Å². The lowest BCUT2D eigenvalue weighted by Crippen LogP contribution is -2.22. The van der Waals surface area contributed by atoms with E-state index in [9.17, 15) is 15.0 Å². The maximum Gasteiger partial charge on any atom is 0.256 e. The largest absolute Gasteiger partial charge is 0.395 e. The maximum atomic E-state index is 12.9. The Morgan fingerprint density at radius 3 is 2.50 bits per heavy atom. The summed E-state index contributed by atoms with van der Waals surface area (Å²) in [6, 6.07) is 18.4. The fraction of sp³-hybridized carbons (Fsp3) is 0.240. The number of nitrogens with zero attached hydrogens (tertiary/aromatic N) is 3. The fourth-order valence-electron chi connectivity index (χ4n) is 3.54. The highest BCUT2D eigenvalue weighted by Gasteiger charge is 2.20. The average molecular weight is 431 g/mol. The molecule has 7 heteroatoms. The number of amides is 1. The molecule has 0 saturated carbocycles. The van der Waals surface area contributed by atoms with E-state index in [2.05, 4.69) is 15.4 Å². The Morgan fingerprint density at radius 1 is 1.06 bits per heavy atom. The van der Waals surface area contributed by atoms with Crippen molar-refractivity contribution in [1.82, 2.24) is 14.6 Å². The number of fused-ring (bicyclic) bond motifs is 1. The maximum absolute atomic E-state index is 12.9. The van der Waals surface area contributed by atoms with E-state index in [0.29, 0.717) is 17.0 Å². The van der Waals surface area contributed by atoms with Gasteiger partial charge in [-0.15, -0.1) is 0 Å². The summed E-state index contributed by atoms with van der Waals surface area (Å²) in [4.78, 5) is 17.4. The Kier molecular flexibility index (Phi) is 5.78. The van der Waals surface area contributed by atoms with E-state index in [1.54, 1.807) is 22.7 Å². The summed E-state index contributed by atoms with van der Waals surface area (Å²) in [7, 11) is 0. The average Bonchev–Trinajstić information content (AvgIpc) is 3.18. The summed E-state index contributed by atoms with van der Waals surface area (Å²) in [5, 5.41) is 26.5. The van der Waals surface area contributed by atoms with Crippen LogP contribution in [0, 0.1) is 6.92 Å². The van der Waals surface area contributed by atoms with Gasteiger partial charge in [-0.25, -0.2) is 9.50 Å². The lowest BCUT2D eigenvalue weighted by atomic mass is 9.85. The molecule has 0 atom stereocenters. The molecule has 7 nitrogen and oxygen atoms in total. The van der Waals surface area contributed by atoms with Gasteiger partial charge in [-0.05, 0) is 36.2 Å². The second kappa shape index (κ2) is 8.53. The quantitative estimate of drug-likeness (QED) is 0.433. The van der Waals surface area contributed by atoms with Crippen molar-refractivity contribution in [2.75, 3.05) is 11.9 Å². The van der Waals surface area contributed by atoms with Gasteiger partial charge in [-0.1, -0.05) is 44.2 Å². The van der Waals surface area contributed by atoms with Gasteiger partial charge >= 0.3 is 0 Å². The second-order valence-corrected chi connectivity index (χ2v) is 8.51. The minimum Gasteiger partial charge on any atom is -0.395 e. The highest BCUT2D eigenvalue weighted by atomic mass is 16.3. The standard InChI is InChI=1S/C25H26N4O3/c1-16-11-23-26-22(13-21(29(23)28-16)19-6-4-5-17(12-19)14-30)27-24(32)18-7-9-20(10-8-18)25(2,3)15-31/h4-13,30-31H,14-15H2,1-3H3,(H,26,27,32). The monoisotopic (exact) mass is 430 g/mol. The van der Waals surface area contributed by atoms with Crippen LogP contribution in [0.5, 0.6) is 0 Å². The summed E-state index contributed by atoms with van der Waals surface area (Å²) < 4.78 is 1.73. The summed E-state index contributed by atoms with van der Waals surface area (Å²) >= 11 is 0. The number of hydrogen-bond acceptors (Lipinski definition) is 5. The zero-order chi connectivity index (χ0) is 22.9. The van der Waals surface area contributed by atoms with Gasteiger partial charge < -0.3 is 15.5 Å². The molecule has 0 aliphatic heterocycles. The number of carbonyl (C=O) groups excluding carboxylic acids is 1.